The van der Waals surface area contributed by atoms with Crippen molar-refractivity contribution in [3.8, 4) is 23.0 Å². The minimum atomic E-state index is -2.00. The van der Waals surface area contributed by atoms with Crippen molar-refractivity contribution in [2.75, 3.05) is 28.4 Å². The van der Waals surface area contributed by atoms with Crippen LogP contribution in [-0.2, 0) is 9.59 Å². The first-order valence-electron chi connectivity index (χ1n) is 9.63. The lowest BCUT2D eigenvalue weighted by molar-refractivity contribution is -0.126. The molecule has 0 aliphatic carbocycles. The van der Waals surface area contributed by atoms with Crippen LogP contribution < -0.4 is 18.9 Å². The fourth-order valence-corrected chi connectivity index (χ4v) is 3.38. The van der Waals surface area contributed by atoms with Gasteiger partial charge in [-0.25, -0.2) is 0 Å². The molecule has 2 atom stereocenters. The van der Waals surface area contributed by atoms with E-state index < -0.39 is 22.4 Å². The van der Waals surface area contributed by atoms with Gasteiger partial charge < -0.3 is 28.5 Å². The van der Waals surface area contributed by atoms with E-state index in [2.05, 4.69) is 0 Å². The lowest BCUT2D eigenvalue weighted by Gasteiger charge is -2.36. The molecule has 0 saturated carbocycles. The number of ether oxygens (including phenoxy) is 4. The zero-order chi connectivity index (χ0) is 24.1. The molecule has 32 heavy (non-hydrogen) atoms. The molecular formula is C24H26O8. The smallest absolute Gasteiger partial charge is 0.177 e. The van der Waals surface area contributed by atoms with Crippen molar-refractivity contribution in [2.24, 2.45) is 10.8 Å². The molecule has 0 fully saturated rings. The van der Waals surface area contributed by atoms with Crippen molar-refractivity contribution < 1.29 is 38.1 Å². The second kappa shape index (κ2) is 9.64. The summed E-state index contributed by atoms with van der Waals surface area (Å²) in [4.78, 5) is 51.4. The zero-order valence-electron chi connectivity index (χ0n) is 18.9. The highest BCUT2D eigenvalue weighted by Gasteiger charge is 2.55. The monoisotopic (exact) mass is 442 g/mol. The van der Waals surface area contributed by atoms with Crippen LogP contribution in [0.2, 0.25) is 0 Å². The molecule has 0 heterocycles. The molecule has 0 saturated heterocycles. The maximum atomic E-state index is 13.4. The molecule has 0 N–H and O–H groups in total. The highest BCUT2D eigenvalue weighted by molar-refractivity contribution is 6.20. The number of benzene rings is 2. The predicted molar refractivity (Wildman–Crippen MR) is 116 cm³/mol. The topological polar surface area (TPSA) is 105 Å². The Balaban J connectivity index is 2.60. The number of Topliss-reactive ketones (excluding diaryl/α,β-unsaturated/α-hetero) is 2. The molecule has 170 valence electrons. The van der Waals surface area contributed by atoms with E-state index in [1.54, 1.807) is 0 Å². The second-order valence-electron chi connectivity index (χ2n) is 7.44. The van der Waals surface area contributed by atoms with Crippen LogP contribution in [0.25, 0.3) is 0 Å². The van der Waals surface area contributed by atoms with Crippen LogP contribution in [0.3, 0.4) is 0 Å². The average Bonchev–Trinajstić information content (AvgIpc) is 2.85. The van der Waals surface area contributed by atoms with Crippen LogP contribution in [0.15, 0.2) is 36.4 Å². The van der Waals surface area contributed by atoms with E-state index in [0.717, 1.165) is 0 Å². The first-order chi connectivity index (χ1) is 15.2. The summed E-state index contributed by atoms with van der Waals surface area (Å²) in [6, 6.07) is 8.69. The first kappa shape index (κ1) is 24.6. The summed E-state index contributed by atoms with van der Waals surface area (Å²) in [5.41, 5.74) is -3.83. The molecular weight excluding hydrogens is 416 g/mol. The van der Waals surface area contributed by atoms with Gasteiger partial charge in [0.2, 0.25) is 0 Å². The van der Waals surface area contributed by atoms with Crippen molar-refractivity contribution in [3.63, 3.8) is 0 Å². The van der Waals surface area contributed by atoms with Gasteiger partial charge in [-0.3, -0.25) is 9.59 Å². The Morgan fingerprint density at radius 2 is 0.938 bits per heavy atom. The van der Waals surface area contributed by atoms with Gasteiger partial charge >= 0.3 is 0 Å². The number of hydrogen-bond acceptors (Lipinski definition) is 8. The van der Waals surface area contributed by atoms with Gasteiger partial charge in [0.1, 0.15) is 23.4 Å². The van der Waals surface area contributed by atoms with E-state index in [9.17, 15) is 19.2 Å². The van der Waals surface area contributed by atoms with E-state index in [-0.39, 0.29) is 22.6 Å². The Hall–Kier alpha value is -3.68. The van der Waals surface area contributed by atoms with Crippen LogP contribution in [0, 0.1) is 10.8 Å². The normalized spacial score (nSPS) is 14.3. The lowest BCUT2D eigenvalue weighted by Crippen LogP contribution is -2.51. The summed E-state index contributed by atoms with van der Waals surface area (Å²) in [7, 11) is 5.70. The third-order valence-corrected chi connectivity index (χ3v) is 5.79. The fraction of sp³-hybridized carbons (Fsp3) is 0.333. The SMILES string of the molecule is COc1ccc(C(=O)C(C)(C=O)C(C)(C=O)C(=O)c2ccc(OC)c(OC)c2)cc1OC. The Kier molecular flexibility index (Phi) is 7.40. The van der Waals surface area contributed by atoms with Crippen molar-refractivity contribution in [1.29, 1.82) is 0 Å². The summed E-state index contributed by atoms with van der Waals surface area (Å²) >= 11 is 0. The van der Waals surface area contributed by atoms with Crippen molar-refractivity contribution >= 4 is 24.1 Å². The van der Waals surface area contributed by atoms with Gasteiger partial charge in [-0.15, -0.1) is 0 Å². The Labute approximate surface area is 186 Å². The van der Waals surface area contributed by atoms with Crippen LogP contribution in [0.4, 0.5) is 0 Å². The van der Waals surface area contributed by atoms with Gasteiger partial charge in [0.15, 0.2) is 34.6 Å². The number of carbonyl (C=O) groups excluding carboxylic acids is 4. The van der Waals surface area contributed by atoms with Crippen molar-refractivity contribution in [1.82, 2.24) is 0 Å². The number of ketones is 2. The largest absolute Gasteiger partial charge is 0.493 e. The van der Waals surface area contributed by atoms with Gasteiger partial charge in [-0.1, -0.05) is 0 Å². The molecule has 0 spiro atoms. The molecule has 8 nitrogen and oxygen atoms in total. The highest BCUT2D eigenvalue weighted by Crippen LogP contribution is 2.43. The third kappa shape index (κ3) is 3.95. The third-order valence-electron chi connectivity index (χ3n) is 5.79. The van der Waals surface area contributed by atoms with Gasteiger partial charge in [0, 0.05) is 11.1 Å². The molecule has 0 aliphatic rings. The molecule has 2 unspecified atom stereocenters. The van der Waals surface area contributed by atoms with Gasteiger partial charge in [-0.2, -0.15) is 0 Å². The predicted octanol–water partition coefficient (Wildman–Crippen LogP) is 3.20. The van der Waals surface area contributed by atoms with Crippen LogP contribution >= 0.6 is 0 Å². The summed E-state index contributed by atoms with van der Waals surface area (Å²) in [5, 5.41) is 0. The van der Waals surface area contributed by atoms with E-state index in [0.29, 0.717) is 24.1 Å². The molecule has 2 rings (SSSR count). The standard InChI is InChI=1S/C24H26O8/c1-23(13-25,21(27)15-7-9-17(29-3)19(11-15)31-5)24(2,14-26)22(28)16-8-10-18(30-4)20(12-16)32-6/h7-14H,1-6H3. The Morgan fingerprint density at radius 3 is 1.19 bits per heavy atom. The Bertz CT molecular complexity index is 961. The Morgan fingerprint density at radius 1 is 0.625 bits per heavy atom. The van der Waals surface area contributed by atoms with Gasteiger partial charge in [0.05, 0.1) is 28.4 Å². The highest BCUT2D eigenvalue weighted by atomic mass is 16.5. The van der Waals surface area contributed by atoms with Crippen LogP contribution in [0.1, 0.15) is 34.6 Å². The van der Waals surface area contributed by atoms with Crippen molar-refractivity contribution in [2.45, 2.75) is 13.8 Å². The molecule has 8 heteroatoms. The van der Waals surface area contributed by atoms with Crippen LogP contribution in [0.5, 0.6) is 23.0 Å². The maximum Gasteiger partial charge on any atom is 0.177 e. The van der Waals surface area contributed by atoms with Gasteiger partial charge in [-0.05, 0) is 50.2 Å². The fourth-order valence-electron chi connectivity index (χ4n) is 3.38. The van der Waals surface area contributed by atoms with E-state index in [1.165, 1.54) is 78.7 Å². The van der Waals surface area contributed by atoms with E-state index in [1.807, 2.05) is 0 Å². The lowest BCUT2D eigenvalue weighted by atomic mass is 9.60. The summed E-state index contributed by atoms with van der Waals surface area (Å²) in [6.45, 7) is 2.54. The number of aldehydes is 2. The number of hydrogen-bond donors (Lipinski definition) is 0. The molecule has 0 aliphatic heterocycles. The van der Waals surface area contributed by atoms with Crippen molar-refractivity contribution in [3.05, 3.63) is 47.5 Å². The molecule has 0 aromatic heterocycles. The van der Waals surface area contributed by atoms with Gasteiger partial charge in [0.25, 0.3) is 0 Å². The number of methoxy groups -OCH3 is 4. The first-order valence-corrected chi connectivity index (χ1v) is 9.63. The summed E-state index contributed by atoms with van der Waals surface area (Å²) < 4.78 is 20.8. The zero-order valence-corrected chi connectivity index (χ0v) is 18.9. The molecule has 2 aromatic carbocycles. The molecule has 0 radical (unpaired) electrons. The minimum Gasteiger partial charge on any atom is -0.493 e. The molecule has 2 aromatic rings. The minimum absolute atomic E-state index is 0.0884. The second-order valence-corrected chi connectivity index (χ2v) is 7.44. The summed E-state index contributed by atoms with van der Waals surface area (Å²) in [6.07, 6.45) is 0.665. The van der Waals surface area contributed by atoms with Crippen LogP contribution in [-0.4, -0.2) is 52.6 Å². The van der Waals surface area contributed by atoms with E-state index in [4.69, 9.17) is 18.9 Å². The quantitative estimate of drug-likeness (QED) is 0.297. The average molecular weight is 442 g/mol. The summed E-state index contributed by atoms with van der Waals surface area (Å²) in [5.74, 6) is -0.113. The number of carbonyl (C=O) groups is 4. The van der Waals surface area contributed by atoms with E-state index >= 15 is 0 Å². The number of rotatable bonds is 11. The molecule has 0 amide bonds. The maximum absolute atomic E-state index is 13.4. The molecule has 0 bridgehead atoms.